The number of amides is 1. The van der Waals surface area contributed by atoms with Gasteiger partial charge >= 0.3 is 0 Å². The highest BCUT2D eigenvalue weighted by Gasteiger charge is 2.13. The Morgan fingerprint density at radius 3 is 2.58 bits per heavy atom. The predicted octanol–water partition coefficient (Wildman–Crippen LogP) is 5.40. The molecule has 0 aliphatic carbocycles. The van der Waals surface area contributed by atoms with Crippen LogP contribution in [0.3, 0.4) is 0 Å². The van der Waals surface area contributed by atoms with Crippen LogP contribution in [0.4, 0.5) is 5.69 Å². The number of carbonyl (C=O) groups excluding carboxylic acids is 1. The van der Waals surface area contributed by atoms with Crippen LogP contribution in [-0.2, 0) is 4.79 Å². The minimum atomic E-state index is -0.326. The zero-order valence-electron chi connectivity index (χ0n) is 13.4. The van der Waals surface area contributed by atoms with Gasteiger partial charge in [-0.2, -0.15) is 0 Å². The molecule has 0 aromatic heterocycles. The number of rotatable bonds is 5. The summed E-state index contributed by atoms with van der Waals surface area (Å²) in [5.41, 5.74) is 2.23. The maximum absolute atomic E-state index is 12.1. The molecule has 0 bridgehead atoms. The van der Waals surface area contributed by atoms with Gasteiger partial charge in [0.25, 0.3) is 5.91 Å². The Morgan fingerprint density at radius 1 is 1.21 bits per heavy atom. The lowest BCUT2D eigenvalue weighted by molar-refractivity contribution is -0.118. The van der Waals surface area contributed by atoms with Crippen molar-refractivity contribution in [2.45, 2.75) is 13.8 Å². The molecule has 24 heavy (non-hydrogen) atoms. The van der Waals surface area contributed by atoms with E-state index in [9.17, 15) is 4.79 Å². The van der Waals surface area contributed by atoms with Gasteiger partial charge in [-0.05, 0) is 65.2 Å². The first-order valence-corrected chi connectivity index (χ1v) is 8.59. The van der Waals surface area contributed by atoms with E-state index in [0.717, 1.165) is 15.6 Å². The van der Waals surface area contributed by atoms with Gasteiger partial charge in [0, 0.05) is 10.0 Å². The van der Waals surface area contributed by atoms with Crippen LogP contribution < -0.4 is 14.8 Å². The summed E-state index contributed by atoms with van der Waals surface area (Å²) >= 11 is 15.6. The first kappa shape index (κ1) is 18.9. The average Bonchev–Trinajstić information content (AvgIpc) is 2.55. The SMILES string of the molecule is COc1ccc(Cl)cc1NC(=O)COc1cc(C)c(Cl)c(C)c1Br. The Balaban J connectivity index is 2.08. The molecule has 2 aromatic carbocycles. The first-order chi connectivity index (χ1) is 11.3. The molecule has 2 rings (SSSR count). The molecular formula is C17H16BrCl2NO3. The molecule has 4 nitrogen and oxygen atoms in total. The largest absolute Gasteiger partial charge is 0.495 e. The van der Waals surface area contributed by atoms with E-state index in [4.69, 9.17) is 32.7 Å². The number of benzene rings is 2. The summed E-state index contributed by atoms with van der Waals surface area (Å²) in [6, 6.07) is 6.77. The van der Waals surface area contributed by atoms with Gasteiger partial charge < -0.3 is 14.8 Å². The summed E-state index contributed by atoms with van der Waals surface area (Å²) in [7, 11) is 1.52. The van der Waals surface area contributed by atoms with Crippen LogP contribution in [0.2, 0.25) is 10.0 Å². The molecule has 0 spiro atoms. The molecule has 0 saturated carbocycles. The molecule has 0 radical (unpaired) electrons. The smallest absolute Gasteiger partial charge is 0.262 e. The van der Waals surface area contributed by atoms with E-state index in [-0.39, 0.29) is 12.5 Å². The second kappa shape index (κ2) is 8.10. The van der Waals surface area contributed by atoms with E-state index in [1.807, 2.05) is 13.8 Å². The van der Waals surface area contributed by atoms with E-state index in [1.165, 1.54) is 7.11 Å². The molecule has 0 aliphatic heterocycles. The lowest BCUT2D eigenvalue weighted by Gasteiger charge is -2.14. The Labute approximate surface area is 159 Å². The molecular weight excluding hydrogens is 417 g/mol. The van der Waals surface area contributed by atoms with Crippen molar-refractivity contribution in [1.82, 2.24) is 0 Å². The summed E-state index contributed by atoms with van der Waals surface area (Å²) < 4.78 is 11.5. The number of carbonyl (C=O) groups is 1. The molecule has 0 aliphatic rings. The molecule has 128 valence electrons. The number of methoxy groups -OCH3 is 1. The van der Waals surface area contributed by atoms with E-state index >= 15 is 0 Å². The quantitative estimate of drug-likeness (QED) is 0.687. The second-order valence-corrected chi connectivity index (χ2v) is 6.73. The van der Waals surface area contributed by atoms with Gasteiger partial charge in [-0.1, -0.05) is 23.2 Å². The van der Waals surface area contributed by atoms with Gasteiger partial charge in [-0.25, -0.2) is 0 Å². The van der Waals surface area contributed by atoms with Gasteiger partial charge in [0.05, 0.1) is 17.3 Å². The summed E-state index contributed by atoms with van der Waals surface area (Å²) in [6.07, 6.45) is 0. The van der Waals surface area contributed by atoms with Gasteiger partial charge in [-0.3, -0.25) is 4.79 Å². The third kappa shape index (κ3) is 4.35. The van der Waals surface area contributed by atoms with E-state index in [1.54, 1.807) is 24.3 Å². The van der Waals surface area contributed by atoms with Crippen LogP contribution in [0.5, 0.6) is 11.5 Å². The van der Waals surface area contributed by atoms with Crippen molar-refractivity contribution in [1.29, 1.82) is 0 Å². The maximum Gasteiger partial charge on any atom is 0.262 e. The number of hydrogen-bond donors (Lipinski definition) is 1. The number of halogens is 3. The van der Waals surface area contributed by atoms with E-state index in [2.05, 4.69) is 21.2 Å². The highest BCUT2D eigenvalue weighted by Crippen LogP contribution is 2.35. The zero-order valence-corrected chi connectivity index (χ0v) is 16.5. The molecule has 0 fully saturated rings. The number of nitrogens with one attached hydrogen (secondary N) is 1. The van der Waals surface area contributed by atoms with Crippen LogP contribution in [0.15, 0.2) is 28.7 Å². The van der Waals surface area contributed by atoms with Gasteiger partial charge in [-0.15, -0.1) is 0 Å². The molecule has 7 heteroatoms. The van der Waals surface area contributed by atoms with Crippen molar-refractivity contribution < 1.29 is 14.3 Å². The van der Waals surface area contributed by atoms with Crippen molar-refractivity contribution >= 4 is 50.7 Å². The van der Waals surface area contributed by atoms with Gasteiger partial charge in [0.1, 0.15) is 11.5 Å². The van der Waals surface area contributed by atoms with Crippen molar-refractivity contribution in [3.63, 3.8) is 0 Å². The van der Waals surface area contributed by atoms with E-state index < -0.39 is 0 Å². The average molecular weight is 433 g/mol. The third-order valence-electron chi connectivity index (χ3n) is 3.36. The fraction of sp³-hybridized carbons (Fsp3) is 0.235. The highest BCUT2D eigenvalue weighted by atomic mass is 79.9. The minimum absolute atomic E-state index is 0.158. The monoisotopic (exact) mass is 431 g/mol. The summed E-state index contributed by atoms with van der Waals surface area (Å²) in [5.74, 6) is 0.752. The zero-order chi connectivity index (χ0) is 17.9. The van der Waals surface area contributed by atoms with Crippen molar-refractivity contribution in [3.8, 4) is 11.5 Å². The number of ether oxygens (including phenoxy) is 2. The van der Waals surface area contributed by atoms with Gasteiger partial charge in [0.15, 0.2) is 6.61 Å². The normalized spacial score (nSPS) is 10.4. The third-order valence-corrected chi connectivity index (χ3v) is 5.17. The minimum Gasteiger partial charge on any atom is -0.495 e. The van der Waals surface area contributed by atoms with Gasteiger partial charge in [0.2, 0.25) is 0 Å². The van der Waals surface area contributed by atoms with Crippen LogP contribution in [0, 0.1) is 13.8 Å². The topological polar surface area (TPSA) is 47.6 Å². The maximum atomic E-state index is 12.1. The lowest BCUT2D eigenvalue weighted by atomic mass is 10.1. The number of hydrogen-bond acceptors (Lipinski definition) is 3. The molecule has 2 aromatic rings. The van der Waals surface area contributed by atoms with Crippen LogP contribution in [0.25, 0.3) is 0 Å². The van der Waals surface area contributed by atoms with Crippen molar-refractivity contribution in [2.24, 2.45) is 0 Å². The first-order valence-electron chi connectivity index (χ1n) is 7.05. The fourth-order valence-corrected chi connectivity index (χ4v) is 2.98. The molecule has 0 unspecified atom stereocenters. The highest BCUT2D eigenvalue weighted by molar-refractivity contribution is 9.10. The molecule has 0 heterocycles. The van der Waals surface area contributed by atoms with Crippen molar-refractivity contribution in [3.05, 3.63) is 49.9 Å². The van der Waals surface area contributed by atoms with Crippen molar-refractivity contribution in [2.75, 3.05) is 19.0 Å². The fourth-order valence-electron chi connectivity index (χ4n) is 2.11. The van der Waals surface area contributed by atoms with Crippen LogP contribution in [-0.4, -0.2) is 19.6 Å². The molecule has 1 amide bonds. The van der Waals surface area contributed by atoms with E-state index in [0.29, 0.717) is 27.2 Å². The molecule has 0 saturated heterocycles. The lowest BCUT2D eigenvalue weighted by Crippen LogP contribution is -2.20. The number of anilines is 1. The summed E-state index contributed by atoms with van der Waals surface area (Å²) in [5, 5.41) is 3.89. The molecule has 1 N–H and O–H groups in total. The van der Waals surface area contributed by atoms with Crippen LogP contribution >= 0.6 is 39.1 Å². The Morgan fingerprint density at radius 2 is 1.92 bits per heavy atom. The number of aryl methyl sites for hydroxylation is 1. The summed E-state index contributed by atoms with van der Waals surface area (Å²) in [4.78, 5) is 12.1. The predicted molar refractivity (Wildman–Crippen MR) is 101 cm³/mol. The Bertz CT molecular complexity index is 781. The Kier molecular flexibility index (Phi) is 6.38. The standard InChI is InChI=1S/C17H16BrCl2NO3/c1-9-6-14(16(18)10(2)17(9)20)24-8-15(22)21-12-7-11(19)4-5-13(12)23-3/h4-7H,8H2,1-3H3,(H,21,22). The Hall–Kier alpha value is -1.43. The van der Waals surface area contributed by atoms with Crippen LogP contribution in [0.1, 0.15) is 11.1 Å². The second-order valence-electron chi connectivity index (χ2n) is 5.13. The summed E-state index contributed by atoms with van der Waals surface area (Å²) in [6.45, 7) is 3.60. The molecule has 0 atom stereocenters.